The van der Waals surface area contributed by atoms with E-state index in [9.17, 15) is 5.11 Å². The van der Waals surface area contributed by atoms with Crippen LogP contribution in [0.1, 0.15) is 32.1 Å². The van der Waals surface area contributed by atoms with E-state index in [0.29, 0.717) is 12.0 Å². The highest BCUT2D eigenvalue weighted by molar-refractivity contribution is 4.80. The van der Waals surface area contributed by atoms with Crippen LogP contribution in [-0.2, 0) is 4.74 Å². The van der Waals surface area contributed by atoms with E-state index in [1.54, 1.807) is 7.11 Å². The zero-order valence-corrected chi connectivity index (χ0v) is 9.69. The monoisotopic (exact) mass is 213 g/mol. The van der Waals surface area contributed by atoms with Crippen LogP contribution in [0.4, 0.5) is 0 Å². The van der Waals surface area contributed by atoms with Gasteiger partial charge in [0.15, 0.2) is 0 Å². The lowest BCUT2D eigenvalue weighted by molar-refractivity contribution is 0.101. The predicted octanol–water partition coefficient (Wildman–Crippen LogP) is 1.26. The minimum atomic E-state index is -0.0224. The van der Waals surface area contributed by atoms with Crippen LogP contribution < -0.4 is 0 Å². The molecule has 2 fully saturated rings. The molecule has 3 nitrogen and oxygen atoms in total. The molecule has 3 heteroatoms. The summed E-state index contributed by atoms with van der Waals surface area (Å²) in [5.74, 6) is 0.562. The van der Waals surface area contributed by atoms with Crippen molar-refractivity contribution >= 4 is 0 Å². The van der Waals surface area contributed by atoms with E-state index in [0.717, 1.165) is 25.9 Å². The van der Waals surface area contributed by atoms with Gasteiger partial charge in [0.2, 0.25) is 0 Å². The van der Waals surface area contributed by atoms with Crippen molar-refractivity contribution in [1.29, 1.82) is 0 Å². The molecule has 1 aliphatic heterocycles. The lowest BCUT2D eigenvalue weighted by Crippen LogP contribution is -2.27. The van der Waals surface area contributed by atoms with E-state index >= 15 is 0 Å². The third kappa shape index (κ3) is 2.92. The van der Waals surface area contributed by atoms with Crippen molar-refractivity contribution in [3.8, 4) is 0 Å². The standard InChI is InChI=1S/C12H23NO2/c1-15-11-6-8-13(9-11)7-5-10-3-2-4-12(10)14/h10-12,14H,2-9H2,1H3. The molecule has 3 atom stereocenters. The molecule has 0 aromatic rings. The first-order valence-electron chi connectivity index (χ1n) is 6.23. The van der Waals surface area contributed by atoms with Crippen LogP contribution in [0.2, 0.25) is 0 Å². The first-order valence-corrected chi connectivity index (χ1v) is 6.23. The van der Waals surface area contributed by atoms with Crippen LogP contribution in [0, 0.1) is 5.92 Å². The van der Waals surface area contributed by atoms with E-state index < -0.39 is 0 Å². The van der Waals surface area contributed by atoms with Crippen molar-refractivity contribution < 1.29 is 9.84 Å². The molecule has 0 aromatic carbocycles. The summed E-state index contributed by atoms with van der Waals surface area (Å²) < 4.78 is 5.34. The van der Waals surface area contributed by atoms with Crippen LogP contribution in [0.5, 0.6) is 0 Å². The smallest absolute Gasteiger partial charge is 0.0710 e. The van der Waals surface area contributed by atoms with Gasteiger partial charge >= 0.3 is 0 Å². The molecule has 0 aromatic heterocycles. The Balaban J connectivity index is 1.66. The fraction of sp³-hybridized carbons (Fsp3) is 1.00. The summed E-state index contributed by atoms with van der Waals surface area (Å²) >= 11 is 0. The average molecular weight is 213 g/mol. The molecule has 15 heavy (non-hydrogen) atoms. The third-order valence-corrected chi connectivity index (χ3v) is 4.00. The molecule has 1 N–H and O–H groups in total. The van der Waals surface area contributed by atoms with Crippen molar-refractivity contribution in [1.82, 2.24) is 4.90 Å². The topological polar surface area (TPSA) is 32.7 Å². The third-order valence-electron chi connectivity index (χ3n) is 4.00. The first kappa shape index (κ1) is 11.4. The van der Waals surface area contributed by atoms with Crippen LogP contribution in [0.25, 0.3) is 0 Å². The van der Waals surface area contributed by atoms with Crippen molar-refractivity contribution in [2.75, 3.05) is 26.7 Å². The molecule has 0 bridgehead atoms. The molecular formula is C12H23NO2. The summed E-state index contributed by atoms with van der Waals surface area (Å²) in [7, 11) is 1.80. The van der Waals surface area contributed by atoms with Gasteiger partial charge in [0, 0.05) is 20.2 Å². The summed E-state index contributed by atoms with van der Waals surface area (Å²) in [6.45, 7) is 3.39. The fourth-order valence-corrected chi connectivity index (χ4v) is 2.89. The molecule has 0 spiro atoms. The van der Waals surface area contributed by atoms with Gasteiger partial charge in [0.25, 0.3) is 0 Å². The van der Waals surface area contributed by atoms with Crippen LogP contribution in [0.3, 0.4) is 0 Å². The van der Waals surface area contributed by atoms with E-state index in [1.807, 2.05) is 0 Å². The number of methoxy groups -OCH3 is 1. The Morgan fingerprint density at radius 3 is 2.80 bits per heavy atom. The maximum absolute atomic E-state index is 9.72. The predicted molar refractivity (Wildman–Crippen MR) is 59.8 cm³/mol. The molecule has 1 saturated carbocycles. The minimum Gasteiger partial charge on any atom is -0.393 e. The normalized spacial score (nSPS) is 37.6. The van der Waals surface area contributed by atoms with E-state index in [1.165, 1.54) is 25.8 Å². The second-order valence-corrected chi connectivity index (χ2v) is 4.99. The Morgan fingerprint density at radius 2 is 2.20 bits per heavy atom. The highest BCUT2D eigenvalue weighted by atomic mass is 16.5. The van der Waals surface area contributed by atoms with Crippen LogP contribution >= 0.6 is 0 Å². The molecule has 0 radical (unpaired) electrons. The Hall–Kier alpha value is -0.120. The number of likely N-dealkylation sites (tertiary alicyclic amines) is 1. The Labute approximate surface area is 92.4 Å². The van der Waals surface area contributed by atoms with Crippen LogP contribution in [-0.4, -0.2) is 49.0 Å². The van der Waals surface area contributed by atoms with Gasteiger partial charge in [-0.3, -0.25) is 0 Å². The van der Waals surface area contributed by atoms with Crippen molar-refractivity contribution in [2.45, 2.75) is 44.3 Å². The molecule has 88 valence electrons. The number of aliphatic hydroxyl groups is 1. The van der Waals surface area contributed by atoms with Gasteiger partial charge < -0.3 is 14.7 Å². The van der Waals surface area contributed by atoms with E-state index in [2.05, 4.69) is 4.90 Å². The van der Waals surface area contributed by atoms with E-state index in [4.69, 9.17) is 4.74 Å². The molecule has 2 aliphatic rings. The number of hydrogen-bond acceptors (Lipinski definition) is 3. The molecule has 1 heterocycles. The molecule has 1 aliphatic carbocycles. The zero-order chi connectivity index (χ0) is 10.7. The summed E-state index contributed by atoms with van der Waals surface area (Å²) in [6, 6.07) is 0. The summed E-state index contributed by atoms with van der Waals surface area (Å²) in [5.41, 5.74) is 0. The van der Waals surface area contributed by atoms with Gasteiger partial charge in [-0.2, -0.15) is 0 Å². The SMILES string of the molecule is COC1CCN(CCC2CCCC2O)C1. The largest absolute Gasteiger partial charge is 0.393 e. The van der Waals surface area contributed by atoms with Gasteiger partial charge in [-0.1, -0.05) is 6.42 Å². The Kier molecular flexibility index (Phi) is 4.00. The maximum Gasteiger partial charge on any atom is 0.0710 e. The maximum atomic E-state index is 9.72. The van der Waals surface area contributed by atoms with Crippen molar-refractivity contribution in [3.05, 3.63) is 0 Å². The van der Waals surface area contributed by atoms with Gasteiger partial charge in [0.05, 0.1) is 12.2 Å². The highest BCUT2D eigenvalue weighted by Gasteiger charge is 2.27. The number of nitrogens with zero attached hydrogens (tertiary/aromatic N) is 1. The number of hydrogen-bond donors (Lipinski definition) is 1. The fourth-order valence-electron chi connectivity index (χ4n) is 2.89. The molecule has 0 amide bonds. The van der Waals surface area contributed by atoms with Crippen molar-refractivity contribution in [2.24, 2.45) is 5.92 Å². The number of ether oxygens (including phenoxy) is 1. The Morgan fingerprint density at radius 1 is 1.33 bits per heavy atom. The quantitative estimate of drug-likeness (QED) is 0.763. The average Bonchev–Trinajstić information content (AvgIpc) is 2.84. The molecule has 3 unspecified atom stereocenters. The van der Waals surface area contributed by atoms with Gasteiger partial charge in [-0.15, -0.1) is 0 Å². The van der Waals surface area contributed by atoms with Crippen LogP contribution in [0.15, 0.2) is 0 Å². The summed E-state index contributed by atoms with van der Waals surface area (Å²) in [5, 5.41) is 9.72. The first-order chi connectivity index (χ1) is 7.29. The van der Waals surface area contributed by atoms with Gasteiger partial charge in [-0.05, 0) is 38.1 Å². The number of aliphatic hydroxyl groups excluding tert-OH is 1. The summed E-state index contributed by atoms with van der Waals surface area (Å²) in [6.07, 6.45) is 6.21. The van der Waals surface area contributed by atoms with Crippen molar-refractivity contribution in [3.63, 3.8) is 0 Å². The van der Waals surface area contributed by atoms with E-state index in [-0.39, 0.29) is 6.10 Å². The minimum absolute atomic E-state index is 0.0224. The molecule has 1 saturated heterocycles. The van der Waals surface area contributed by atoms with Gasteiger partial charge in [-0.25, -0.2) is 0 Å². The highest BCUT2D eigenvalue weighted by Crippen LogP contribution is 2.28. The lowest BCUT2D eigenvalue weighted by Gasteiger charge is -2.20. The molecule has 2 rings (SSSR count). The second kappa shape index (κ2) is 5.28. The lowest BCUT2D eigenvalue weighted by atomic mass is 10.0. The summed E-state index contributed by atoms with van der Waals surface area (Å²) in [4.78, 5) is 2.47. The van der Waals surface area contributed by atoms with Gasteiger partial charge in [0.1, 0.15) is 0 Å². The Bertz CT molecular complexity index is 198. The zero-order valence-electron chi connectivity index (χ0n) is 9.69. The number of rotatable bonds is 4. The molecular weight excluding hydrogens is 190 g/mol. The second-order valence-electron chi connectivity index (χ2n) is 4.99.